The van der Waals surface area contributed by atoms with Gasteiger partial charge in [0.2, 0.25) is 0 Å². The van der Waals surface area contributed by atoms with E-state index in [0.29, 0.717) is 6.42 Å². The van der Waals surface area contributed by atoms with Gasteiger partial charge >= 0.3 is 5.97 Å². The summed E-state index contributed by atoms with van der Waals surface area (Å²) in [7, 11) is 0. The van der Waals surface area contributed by atoms with E-state index >= 15 is 0 Å². The maximum Gasteiger partial charge on any atom is 0.310 e. The molecule has 0 N–H and O–H groups in total. The lowest BCUT2D eigenvalue weighted by Crippen LogP contribution is -2.41. The zero-order chi connectivity index (χ0) is 13.5. The highest BCUT2D eigenvalue weighted by molar-refractivity contribution is 5.85. The lowest BCUT2D eigenvalue weighted by atomic mass is 10.1. The molecule has 1 aliphatic rings. The van der Waals surface area contributed by atoms with E-state index in [1.165, 1.54) is 0 Å². The molecule has 1 unspecified atom stereocenters. The Labute approximate surface area is 126 Å². The van der Waals surface area contributed by atoms with Gasteiger partial charge in [-0.15, -0.1) is 12.4 Å². The van der Waals surface area contributed by atoms with Gasteiger partial charge in [-0.2, -0.15) is 0 Å². The lowest BCUT2D eigenvalue weighted by Gasteiger charge is -2.28. The molecule has 1 aliphatic heterocycles. The van der Waals surface area contributed by atoms with Gasteiger partial charge in [0, 0.05) is 19.6 Å². The molecule has 1 heterocycles. The van der Waals surface area contributed by atoms with Crippen LogP contribution in [0.15, 0.2) is 30.3 Å². The standard InChI is InChI=1S/C15H21NO3.ClH/c1-13(12-16-7-9-18-10-8-16)19-15(17)11-14-5-3-2-4-6-14;/h2-6,13H,7-12H2,1H3;1H. The topological polar surface area (TPSA) is 38.8 Å². The van der Waals surface area contributed by atoms with Gasteiger partial charge < -0.3 is 9.47 Å². The van der Waals surface area contributed by atoms with Crippen LogP contribution in [-0.2, 0) is 20.7 Å². The lowest BCUT2D eigenvalue weighted by molar-refractivity contribution is -0.148. The number of benzene rings is 1. The molecule has 1 aromatic rings. The largest absolute Gasteiger partial charge is 0.461 e. The Bertz CT molecular complexity index is 393. The molecule has 0 radical (unpaired) electrons. The average Bonchev–Trinajstić information content (AvgIpc) is 2.40. The van der Waals surface area contributed by atoms with Crippen molar-refractivity contribution in [3.63, 3.8) is 0 Å². The molecule has 0 aromatic heterocycles. The van der Waals surface area contributed by atoms with Gasteiger partial charge in [0.15, 0.2) is 0 Å². The number of hydrogen-bond acceptors (Lipinski definition) is 4. The van der Waals surface area contributed by atoms with Gasteiger partial charge in [0.25, 0.3) is 0 Å². The van der Waals surface area contributed by atoms with E-state index in [2.05, 4.69) is 4.90 Å². The van der Waals surface area contributed by atoms with E-state index < -0.39 is 0 Å². The zero-order valence-corrected chi connectivity index (χ0v) is 12.6. The highest BCUT2D eigenvalue weighted by atomic mass is 35.5. The smallest absolute Gasteiger partial charge is 0.310 e. The van der Waals surface area contributed by atoms with Crippen molar-refractivity contribution in [1.82, 2.24) is 4.90 Å². The Kier molecular flexibility index (Phi) is 7.59. The Morgan fingerprint density at radius 3 is 2.60 bits per heavy atom. The van der Waals surface area contributed by atoms with Gasteiger partial charge in [-0.1, -0.05) is 30.3 Å². The van der Waals surface area contributed by atoms with Crippen molar-refractivity contribution in [1.29, 1.82) is 0 Å². The molecule has 112 valence electrons. The predicted molar refractivity (Wildman–Crippen MR) is 80.2 cm³/mol. The molecular formula is C15H22ClNO3. The molecule has 0 saturated carbocycles. The number of morpholine rings is 1. The van der Waals surface area contributed by atoms with Gasteiger partial charge in [-0.05, 0) is 12.5 Å². The average molecular weight is 300 g/mol. The van der Waals surface area contributed by atoms with Crippen molar-refractivity contribution in [3.05, 3.63) is 35.9 Å². The molecule has 0 bridgehead atoms. The number of rotatable bonds is 5. The third kappa shape index (κ3) is 5.90. The zero-order valence-electron chi connectivity index (χ0n) is 11.8. The van der Waals surface area contributed by atoms with Gasteiger partial charge in [-0.3, -0.25) is 9.69 Å². The summed E-state index contributed by atoms with van der Waals surface area (Å²) in [6, 6.07) is 9.68. The Morgan fingerprint density at radius 1 is 1.30 bits per heavy atom. The van der Waals surface area contributed by atoms with Crippen LogP contribution in [0.5, 0.6) is 0 Å². The summed E-state index contributed by atoms with van der Waals surface area (Å²) in [5, 5.41) is 0. The van der Waals surface area contributed by atoms with Gasteiger partial charge in [-0.25, -0.2) is 0 Å². The SMILES string of the molecule is CC(CN1CCOCC1)OC(=O)Cc1ccccc1.Cl. The number of hydrogen-bond donors (Lipinski definition) is 0. The number of carbonyl (C=O) groups is 1. The molecular weight excluding hydrogens is 278 g/mol. The van der Waals surface area contributed by atoms with Gasteiger partial charge in [0.05, 0.1) is 19.6 Å². The second kappa shape index (κ2) is 8.95. The summed E-state index contributed by atoms with van der Waals surface area (Å²) >= 11 is 0. The van der Waals surface area contributed by atoms with Crippen LogP contribution < -0.4 is 0 Å². The first-order valence-electron chi connectivity index (χ1n) is 6.77. The molecule has 0 spiro atoms. The van der Waals surface area contributed by atoms with E-state index in [0.717, 1.165) is 38.4 Å². The fourth-order valence-corrected chi connectivity index (χ4v) is 2.21. The predicted octanol–water partition coefficient (Wildman–Crippen LogP) is 1.91. The summed E-state index contributed by atoms with van der Waals surface area (Å²) in [5.41, 5.74) is 0.992. The van der Waals surface area contributed by atoms with Crippen LogP contribution >= 0.6 is 12.4 Å². The maximum atomic E-state index is 11.8. The van der Waals surface area contributed by atoms with E-state index in [1.807, 2.05) is 37.3 Å². The minimum Gasteiger partial charge on any atom is -0.461 e. The van der Waals surface area contributed by atoms with Crippen LogP contribution in [0.2, 0.25) is 0 Å². The summed E-state index contributed by atoms with van der Waals surface area (Å²) in [5.74, 6) is -0.160. The number of nitrogens with zero attached hydrogens (tertiary/aromatic N) is 1. The third-order valence-electron chi connectivity index (χ3n) is 3.14. The Balaban J connectivity index is 0.00000200. The molecule has 0 amide bonds. The van der Waals surface area contributed by atoms with Crippen molar-refractivity contribution in [2.75, 3.05) is 32.8 Å². The molecule has 2 rings (SSSR count). The van der Waals surface area contributed by atoms with Crippen molar-refractivity contribution in [2.24, 2.45) is 0 Å². The Morgan fingerprint density at radius 2 is 1.95 bits per heavy atom. The summed E-state index contributed by atoms with van der Waals surface area (Å²) in [6.07, 6.45) is 0.267. The van der Waals surface area contributed by atoms with E-state index in [9.17, 15) is 4.79 Å². The third-order valence-corrected chi connectivity index (χ3v) is 3.14. The molecule has 1 saturated heterocycles. The molecule has 20 heavy (non-hydrogen) atoms. The van der Waals surface area contributed by atoms with Crippen LogP contribution in [0.3, 0.4) is 0 Å². The van der Waals surface area contributed by atoms with Crippen LogP contribution in [0, 0.1) is 0 Å². The highest BCUT2D eigenvalue weighted by Crippen LogP contribution is 2.05. The van der Waals surface area contributed by atoms with Crippen molar-refractivity contribution in [2.45, 2.75) is 19.4 Å². The van der Waals surface area contributed by atoms with Crippen molar-refractivity contribution >= 4 is 18.4 Å². The van der Waals surface area contributed by atoms with Gasteiger partial charge in [0.1, 0.15) is 6.10 Å². The second-order valence-corrected chi connectivity index (χ2v) is 4.88. The normalized spacial score (nSPS) is 17.1. The first kappa shape index (κ1) is 17.0. The minimum atomic E-state index is -0.160. The van der Waals surface area contributed by atoms with Crippen LogP contribution in [0.4, 0.5) is 0 Å². The van der Waals surface area contributed by atoms with E-state index in [-0.39, 0.29) is 24.5 Å². The number of esters is 1. The van der Waals surface area contributed by atoms with E-state index in [1.54, 1.807) is 0 Å². The molecule has 1 aromatic carbocycles. The molecule has 1 atom stereocenters. The quantitative estimate of drug-likeness (QED) is 0.779. The molecule has 5 heteroatoms. The van der Waals surface area contributed by atoms with Crippen LogP contribution in [0.25, 0.3) is 0 Å². The highest BCUT2D eigenvalue weighted by Gasteiger charge is 2.16. The first-order chi connectivity index (χ1) is 9.24. The number of halogens is 1. The monoisotopic (exact) mass is 299 g/mol. The maximum absolute atomic E-state index is 11.8. The van der Waals surface area contributed by atoms with Crippen molar-refractivity contribution < 1.29 is 14.3 Å². The number of ether oxygens (including phenoxy) is 2. The fraction of sp³-hybridized carbons (Fsp3) is 0.533. The Hall–Kier alpha value is -1.10. The summed E-state index contributed by atoms with van der Waals surface area (Å²) in [4.78, 5) is 14.1. The molecule has 4 nitrogen and oxygen atoms in total. The molecule has 0 aliphatic carbocycles. The van der Waals surface area contributed by atoms with Crippen LogP contribution in [0.1, 0.15) is 12.5 Å². The molecule has 1 fully saturated rings. The van der Waals surface area contributed by atoms with Crippen LogP contribution in [-0.4, -0.2) is 49.8 Å². The van der Waals surface area contributed by atoms with Crippen molar-refractivity contribution in [3.8, 4) is 0 Å². The second-order valence-electron chi connectivity index (χ2n) is 4.88. The summed E-state index contributed by atoms with van der Waals surface area (Å²) in [6.45, 7) is 6.10. The summed E-state index contributed by atoms with van der Waals surface area (Å²) < 4.78 is 10.7. The van der Waals surface area contributed by atoms with E-state index in [4.69, 9.17) is 9.47 Å². The minimum absolute atomic E-state index is 0. The number of carbonyl (C=O) groups excluding carboxylic acids is 1. The fourth-order valence-electron chi connectivity index (χ4n) is 2.21. The first-order valence-corrected chi connectivity index (χ1v) is 6.77.